The molecule has 2 nitrogen and oxygen atoms in total. The third-order valence-corrected chi connectivity index (χ3v) is 2.05. The van der Waals surface area contributed by atoms with E-state index in [4.69, 9.17) is 0 Å². The molecule has 0 atom stereocenters. The van der Waals surface area contributed by atoms with Crippen molar-refractivity contribution in [2.45, 2.75) is 6.92 Å². The fourth-order valence-corrected chi connectivity index (χ4v) is 1.38. The highest BCUT2D eigenvalue weighted by molar-refractivity contribution is 5.56. The van der Waals surface area contributed by atoms with Crippen molar-refractivity contribution < 1.29 is 8.78 Å². The van der Waals surface area contributed by atoms with E-state index in [9.17, 15) is 8.78 Å². The van der Waals surface area contributed by atoms with Gasteiger partial charge in [0.15, 0.2) is 0 Å². The van der Waals surface area contributed by atoms with Crippen LogP contribution in [0.25, 0.3) is 0 Å². The molecule has 1 heterocycles. The number of pyridine rings is 1. The summed E-state index contributed by atoms with van der Waals surface area (Å²) in [5.41, 5.74) is 1.37. The Morgan fingerprint density at radius 2 is 1.75 bits per heavy atom. The average Bonchev–Trinajstić information content (AvgIpc) is 2.15. The Kier molecular flexibility index (Phi) is 2.81. The third-order valence-electron chi connectivity index (χ3n) is 2.05. The molecule has 0 bridgehead atoms. The highest BCUT2D eigenvalue weighted by Gasteiger charge is 2.01. The molecule has 0 radical (unpaired) electrons. The van der Waals surface area contributed by atoms with Gasteiger partial charge in [0.25, 0.3) is 0 Å². The van der Waals surface area contributed by atoms with Gasteiger partial charge in [-0.2, -0.15) is 0 Å². The number of aryl methyl sites for hydroxylation is 1. The number of hydrogen-bond donors (Lipinski definition) is 1. The number of anilines is 2. The lowest BCUT2D eigenvalue weighted by Crippen LogP contribution is -1.95. The van der Waals surface area contributed by atoms with Gasteiger partial charge in [-0.05, 0) is 36.8 Å². The van der Waals surface area contributed by atoms with E-state index in [1.807, 2.05) is 13.0 Å². The van der Waals surface area contributed by atoms with E-state index < -0.39 is 11.6 Å². The van der Waals surface area contributed by atoms with Gasteiger partial charge in [-0.15, -0.1) is 0 Å². The van der Waals surface area contributed by atoms with Crippen LogP contribution in [-0.2, 0) is 0 Å². The minimum atomic E-state index is -0.616. The van der Waals surface area contributed by atoms with E-state index in [1.54, 1.807) is 12.3 Å². The minimum absolute atomic E-state index is 0.343. The lowest BCUT2D eigenvalue weighted by molar-refractivity contribution is 0.584. The maximum Gasteiger partial charge on any atom is 0.130 e. The molecule has 2 aromatic rings. The van der Waals surface area contributed by atoms with Crippen molar-refractivity contribution in [2.24, 2.45) is 0 Å². The largest absolute Gasteiger partial charge is 0.340 e. The molecule has 82 valence electrons. The monoisotopic (exact) mass is 220 g/mol. The Labute approximate surface area is 92.0 Å². The van der Waals surface area contributed by atoms with Gasteiger partial charge in [0.2, 0.25) is 0 Å². The maximum absolute atomic E-state index is 12.9. The molecule has 0 unspecified atom stereocenters. The Morgan fingerprint density at radius 3 is 2.38 bits per heavy atom. The topological polar surface area (TPSA) is 24.9 Å². The number of benzene rings is 1. The second-order valence-corrected chi connectivity index (χ2v) is 3.50. The van der Waals surface area contributed by atoms with Gasteiger partial charge in [-0.3, -0.25) is 0 Å². The van der Waals surface area contributed by atoms with Gasteiger partial charge >= 0.3 is 0 Å². The van der Waals surface area contributed by atoms with Gasteiger partial charge in [0.05, 0.1) is 0 Å². The summed E-state index contributed by atoms with van der Waals surface area (Å²) in [4.78, 5) is 4.04. The van der Waals surface area contributed by atoms with Gasteiger partial charge in [-0.1, -0.05) is 0 Å². The van der Waals surface area contributed by atoms with Crippen LogP contribution >= 0.6 is 0 Å². The van der Waals surface area contributed by atoms with E-state index in [-0.39, 0.29) is 0 Å². The van der Waals surface area contributed by atoms with Crippen molar-refractivity contribution in [2.75, 3.05) is 5.32 Å². The number of aromatic nitrogens is 1. The Hall–Kier alpha value is -1.97. The van der Waals surface area contributed by atoms with Crippen molar-refractivity contribution in [1.29, 1.82) is 0 Å². The van der Waals surface area contributed by atoms with Gasteiger partial charge < -0.3 is 5.32 Å². The molecule has 16 heavy (non-hydrogen) atoms. The Bertz CT molecular complexity index is 492. The SMILES string of the molecule is Cc1ccnc(Nc2cc(F)cc(F)c2)c1. The molecule has 0 amide bonds. The first-order valence-corrected chi connectivity index (χ1v) is 4.79. The molecular formula is C12H10F2N2. The third kappa shape index (κ3) is 2.53. The normalized spacial score (nSPS) is 10.2. The summed E-state index contributed by atoms with van der Waals surface area (Å²) >= 11 is 0. The van der Waals surface area contributed by atoms with Crippen molar-refractivity contribution >= 4 is 11.5 Å². The van der Waals surface area contributed by atoms with Crippen LogP contribution in [0.2, 0.25) is 0 Å². The highest BCUT2D eigenvalue weighted by Crippen LogP contribution is 2.17. The fourth-order valence-electron chi connectivity index (χ4n) is 1.38. The molecule has 0 spiro atoms. The van der Waals surface area contributed by atoms with Crippen molar-refractivity contribution in [3.05, 3.63) is 53.7 Å². The number of rotatable bonds is 2. The standard InChI is InChI=1S/C12H10F2N2/c1-8-2-3-15-12(4-8)16-11-6-9(13)5-10(14)7-11/h2-7H,1H3,(H,15,16). The summed E-state index contributed by atoms with van der Waals surface area (Å²) in [7, 11) is 0. The van der Waals surface area contributed by atoms with E-state index in [0.29, 0.717) is 11.5 Å². The zero-order valence-electron chi connectivity index (χ0n) is 8.67. The van der Waals surface area contributed by atoms with Crippen molar-refractivity contribution in [3.63, 3.8) is 0 Å². The van der Waals surface area contributed by atoms with Crippen LogP contribution in [0.4, 0.5) is 20.3 Å². The van der Waals surface area contributed by atoms with Gasteiger partial charge in [0, 0.05) is 18.0 Å². The summed E-state index contributed by atoms with van der Waals surface area (Å²) in [5, 5.41) is 2.84. The lowest BCUT2D eigenvalue weighted by Gasteiger charge is -2.06. The second-order valence-electron chi connectivity index (χ2n) is 3.50. The fraction of sp³-hybridized carbons (Fsp3) is 0.0833. The van der Waals surface area contributed by atoms with E-state index in [1.165, 1.54) is 12.1 Å². The van der Waals surface area contributed by atoms with Crippen molar-refractivity contribution in [1.82, 2.24) is 4.98 Å². The van der Waals surface area contributed by atoms with Gasteiger partial charge in [-0.25, -0.2) is 13.8 Å². The zero-order valence-corrected chi connectivity index (χ0v) is 8.67. The van der Waals surface area contributed by atoms with E-state index >= 15 is 0 Å². The lowest BCUT2D eigenvalue weighted by atomic mass is 10.2. The molecule has 1 N–H and O–H groups in total. The number of hydrogen-bond acceptors (Lipinski definition) is 2. The summed E-state index contributed by atoms with van der Waals surface area (Å²) in [6.45, 7) is 1.92. The van der Waals surface area contributed by atoms with Crippen LogP contribution in [-0.4, -0.2) is 4.98 Å². The second kappa shape index (κ2) is 4.26. The smallest absolute Gasteiger partial charge is 0.130 e. The molecule has 1 aromatic heterocycles. The summed E-state index contributed by atoms with van der Waals surface area (Å²) in [6.07, 6.45) is 1.63. The van der Waals surface area contributed by atoms with Gasteiger partial charge in [0.1, 0.15) is 17.5 Å². The molecule has 0 aliphatic heterocycles. The predicted molar refractivity (Wildman–Crippen MR) is 58.6 cm³/mol. The number of nitrogens with one attached hydrogen (secondary N) is 1. The molecule has 2 rings (SSSR count). The first-order valence-electron chi connectivity index (χ1n) is 4.79. The molecule has 0 aliphatic rings. The quantitative estimate of drug-likeness (QED) is 0.838. The van der Waals surface area contributed by atoms with E-state index in [2.05, 4.69) is 10.3 Å². The molecule has 1 aromatic carbocycles. The first-order chi connectivity index (χ1) is 7.63. The van der Waals surface area contributed by atoms with Crippen LogP contribution in [0.3, 0.4) is 0 Å². The van der Waals surface area contributed by atoms with Crippen LogP contribution in [0.15, 0.2) is 36.5 Å². The van der Waals surface area contributed by atoms with Crippen LogP contribution in [0, 0.1) is 18.6 Å². The molecular weight excluding hydrogens is 210 g/mol. The number of halogens is 2. The zero-order chi connectivity index (χ0) is 11.5. The Morgan fingerprint density at radius 1 is 1.06 bits per heavy atom. The van der Waals surface area contributed by atoms with Crippen LogP contribution < -0.4 is 5.32 Å². The molecule has 4 heteroatoms. The van der Waals surface area contributed by atoms with Crippen molar-refractivity contribution in [3.8, 4) is 0 Å². The van der Waals surface area contributed by atoms with E-state index in [0.717, 1.165) is 11.6 Å². The Balaban J connectivity index is 2.27. The average molecular weight is 220 g/mol. The summed E-state index contributed by atoms with van der Waals surface area (Å²) in [6, 6.07) is 6.90. The number of nitrogens with zero attached hydrogens (tertiary/aromatic N) is 1. The summed E-state index contributed by atoms with van der Waals surface area (Å²) < 4.78 is 25.8. The minimum Gasteiger partial charge on any atom is -0.340 e. The predicted octanol–water partition coefficient (Wildman–Crippen LogP) is 3.41. The molecule has 0 saturated carbocycles. The molecule has 0 fully saturated rings. The summed E-state index contributed by atoms with van der Waals surface area (Å²) in [5.74, 6) is -0.671. The van der Waals surface area contributed by atoms with Crippen LogP contribution in [0.1, 0.15) is 5.56 Å². The molecule has 0 aliphatic carbocycles. The highest BCUT2D eigenvalue weighted by atomic mass is 19.1. The maximum atomic E-state index is 12.9. The first kappa shape index (κ1) is 10.5. The molecule has 0 saturated heterocycles. The van der Waals surface area contributed by atoms with Crippen LogP contribution in [0.5, 0.6) is 0 Å².